The highest BCUT2D eigenvalue weighted by Gasteiger charge is 2.28. The normalized spacial score (nSPS) is 19.9. The first-order valence-corrected chi connectivity index (χ1v) is 4.99. The largest absolute Gasteiger partial charge is 0.496 e. The van der Waals surface area contributed by atoms with Gasteiger partial charge in [0.05, 0.1) is 7.11 Å². The number of hydrogen-bond acceptors (Lipinski definition) is 3. The summed E-state index contributed by atoms with van der Waals surface area (Å²) in [6.07, 6.45) is 0.869. The number of benzene rings is 1. The first kappa shape index (κ1) is 10.2. The van der Waals surface area contributed by atoms with Gasteiger partial charge < -0.3 is 9.47 Å². The third-order valence-corrected chi connectivity index (χ3v) is 2.82. The first-order chi connectivity index (χ1) is 7.27. The summed E-state index contributed by atoms with van der Waals surface area (Å²) in [5.41, 5.74) is 2.06. The fraction of sp³-hybridized carbons (Fsp3) is 0.417. The van der Waals surface area contributed by atoms with Crippen molar-refractivity contribution in [1.82, 2.24) is 0 Å². The van der Waals surface area contributed by atoms with Crippen molar-refractivity contribution in [2.24, 2.45) is 0 Å². The van der Waals surface area contributed by atoms with Crippen LogP contribution >= 0.6 is 0 Å². The van der Waals surface area contributed by atoms with Gasteiger partial charge in [-0.1, -0.05) is 12.1 Å². The molecule has 0 heterocycles. The number of rotatable bonds is 2. The zero-order valence-electron chi connectivity index (χ0n) is 8.95. The number of fused-ring (bicyclic) bond motifs is 1. The zero-order valence-corrected chi connectivity index (χ0v) is 8.95. The second-order valence-corrected chi connectivity index (χ2v) is 3.61. The van der Waals surface area contributed by atoms with Crippen molar-refractivity contribution >= 4 is 5.78 Å². The average molecular weight is 206 g/mol. The van der Waals surface area contributed by atoms with Gasteiger partial charge in [0.1, 0.15) is 11.9 Å². The van der Waals surface area contributed by atoms with Crippen molar-refractivity contribution in [1.29, 1.82) is 0 Å². The molecule has 1 aromatic carbocycles. The summed E-state index contributed by atoms with van der Waals surface area (Å²) in [6, 6.07) is 5.74. The van der Waals surface area contributed by atoms with Crippen molar-refractivity contribution in [3.8, 4) is 5.75 Å². The summed E-state index contributed by atoms with van der Waals surface area (Å²) in [7, 11) is 3.21. The summed E-state index contributed by atoms with van der Waals surface area (Å²) in [5, 5.41) is 0. The number of Topliss-reactive ketones (excluding diaryl/α,β-unsaturated/α-hetero) is 1. The minimum Gasteiger partial charge on any atom is -0.496 e. The van der Waals surface area contributed by atoms with Crippen molar-refractivity contribution in [2.45, 2.75) is 18.9 Å². The number of methoxy groups -OCH3 is 2. The summed E-state index contributed by atoms with van der Waals surface area (Å²) in [5.74, 6) is 1.00. The maximum Gasteiger partial charge on any atom is 0.166 e. The van der Waals surface area contributed by atoms with E-state index >= 15 is 0 Å². The van der Waals surface area contributed by atoms with E-state index in [1.54, 1.807) is 14.2 Å². The Labute approximate surface area is 89.0 Å². The molecular weight excluding hydrogens is 192 g/mol. The molecule has 3 heteroatoms. The molecule has 1 atom stereocenters. The van der Waals surface area contributed by atoms with Gasteiger partial charge in [-0.3, -0.25) is 4.79 Å². The van der Waals surface area contributed by atoms with E-state index in [1.807, 2.05) is 18.2 Å². The molecule has 3 nitrogen and oxygen atoms in total. The molecule has 0 radical (unpaired) electrons. The van der Waals surface area contributed by atoms with Gasteiger partial charge in [0, 0.05) is 19.1 Å². The molecule has 0 aromatic heterocycles. The van der Waals surface area contributed by atoms with E-state index in [0.29, 0.717) is 6.42 Å². The first-order valence-electron chi connectivity index (χ1n) is 4.99. The van der Waals surface area contributed by atoms with Crippen LogP contribution in [0.5, 0.6) is 5.75 Å². The summed E-state index contributed by atoms with van der Waals surface area (Å²) >= 11 is 0. The molecule has 0 N–H and O–H groups in total. The van der Waals surface area contributed by atoms with Crippen molar-refractivity contribution in [3.05, 3.63) is 29.3 Å². The number of ketones is 1. The van der Waals surface area contributed by atoms with Crippen LogP contribution in [0, 0.1) is 0 Å². The van der Waals surface area contributed by atoms with E-state index < -0.39 is 6.10 Å². The number of carbonyl (C=O) groups excluding carboxylic acids is 1. The average Bonchev–Trinajstić information content (AvgIpc) is 2.28. The molecule has 80 valence electrons. The van der Waals surface area contributed by atoms with E-state index in [1.165, 1.54) is 0 Å². The van der Waals surface area contributed by atoms with Crippen LogP contribution in [-0.4, -0.2) is 20.0 Å². The Morgan fingerprint density at radius 1 is 1.27 bits per heavy atom. The van der Waals surface area contributed by atoms with Gasteiger partial charge in [-0.15, -0.1) is 0 Å². The monoisotopic (exact) mass is 206 g/mol. The maximum absolute atomic E-state index is 11.6. The molecule has 0 fully saturated rings. The van der Waals surface area contributed by atoms with Gasteiger partial charge in [-0.05, 0) is 18.1 Å². The summed E-state index contributed by atoms with van der Waals surface area (Å²) in [6.45, 7) is 0. The lowest BCUT2D eigenvalue weighted by molar-refractivity contribution is -0.129. The molecule has 0 amide bonds. The minimum atomic E-state index is -0.413. The van der Waals surface area contributed by atoms with Gasteiger partial charge in [0.25, 0.3) is 0 Å². The standard InChI is InChI=1S/C12H14O3/c1-14-11-5-3-4-9-8(11)6-7-10(13)12(9)15-2/h3-5,12H,6-7H2,1-2H3. The Kier molecular flexibility index (Phi) is 2.73. The SMILES string of the molecule is COc1cccc2c1CCC(=O)C2OC. The van der Waals surface area contributed by atoms with E-state index in [2.05, 4.69) is 0 Å². The fourth-order valence-electron chi connectivity index (χ4n) is 2.10. The highest BCUT2D eigenvalue weighted by molar-refractivity contribution is 5.87. The third kappa shape index (κ3) is 1.63. The fourth-order valence-corrected chi connectivity index (χ4v) is 2.10. The van der Waals surface area contributed by atoms with E-state index in [4.69, 9.17) is 9.47 Å². The van der Waals surface area contributed by atoms with Gasteiger partial charge in [0.15, 0.2) is 5.78 Å². The molecule has 0 aliphatic heterocycles. The third-order valence-electron chi connectivity index (χ3n) is 2.82. The molecule has 1 aliphatic carbocycles. The van der Waals surface area contributed by atoms with Crippen LogP contribution in [0.25, 0.3) is 0 Å². The molecule has 0 saturated heterocycles. The predicted molar refractivity (Wildman–Crippen MR) is 56.1 cm³/mol. The van der Waals surface area contributed by atoms with Crippen LogP contribution in [0.15, 0.2) is 18.2 Å². The van der Waals surface area contributed by atoms with E-state index in [-0.39, 0.29) is 5.78 Å². The summed E-state index contributed by atoms with van der Waals surface area (Å²) < 4.78 is 10.5. The van der Waals surface area contributed by atoms with Crippen molar-refractivity contribution in [3.63, 3.8) is 0 Å². The molecule has 1 aromatic rings. The Balaban J connectivity index is 2.50. The Hall–Kier alpha value is -1.35. The van der Waals surface area contributed by atoms with E-state index in [0.717, 1.165) is 23.3 Å². The zero-order chi connectivity index (χ0) is 10.8. The smallest absolute Gasteiger partial charge is 0.166 e. The van der Waals surface area contributed by atoms with Crippen molar-refractivity contribution < 1.29 is 14.3 Å². The lowest BCUT2D eigenvalue weighted by Gasteiger charge is -2.24. The maximum atomic E-state index is 11.6. The van der Waals surface area contributed by atoms with Crippen molar-refractivity contribution in [2.75, 3.05) is 14.2 Å². The van der Waals surface area contributed by atoms with Crippen LogP contribution in [0.3, 0.4) is 0 Å². The highest BCUT2D eigenvalue weighted by Crippen LogP contribution is 2.34. The van der Waals surface area contributed by atoms with Gasteiger partial charge in [-0.2, -0.15) is 0 Å². The van der Waals surface area contributed by atoms with Crippen LogP contribution in [-0.2, 0) is 16.0 Å². The van der Waals surface area contributed by atoms with Crippen LogP contribution < -0.4 is 4.74 Å². The lowest BCUT2D eigenvalue weighted by Crippen LogP contribution is -2.22. The molecule has 15 heavy (non-hydrogen) atoms. The van der Waals surface area contributed by atoms with Crippen LogP contribution in [0.2, 0.25) is 0 Å². The van der Waals surface area contributed by atoms with Gasteiger partial charge in [0.2, 0.25) is 0 Å². The lowest BCUT2D eigenvalue weighted by atomic mass is 9.88. The molecule has 0 spiro atoms. The Morgan fingerprint density at radius 2 is 2.07 bits per heavy atom. The Morgan fingerprint density at radius 3 is 2.73 bits per heavy atom. The van der Waals surface area contributed by atoms with E-state index in [9.17, 15) is 4.79 Å². The molecule has 0 saturated carbocycles. The second kappa shape index (κ2) is 4.03. The highest BCUT2D eigenvalue weighted by atomic mass is 16.5. The summed E-state index contributed by atoms with van der Waals surface area (Å²) in [4.78, 5) is 11.6. The topological polar surface area (TPSA) is 35.5 Å². The number of hydrogen-bond donors (Lipinski definition) is 0. The molecule has 2 rings (SSSR count). The van der Waals surface area contributed by atoms with Gasteiger partial charge >= 0.3 is 0 Å². The van der Waals surface area contributed by atoms with Gasteiger partial charge in [-0.25, -0.2) is 0 Å². The Bertz CT molecular complexity index is 384. The predicted octanol–water partition coefficient (Wildman–Crippen LogP) is 1.90. The second-order valence-electron chi connectivity index (χ2n) is 3.61. The van der Waals surface area contributed by atoms with Crippen LogP contribution in [0.1, 0.15) is 23.7 Å². The molecule has 1 unspecified atom stereocenters. The quantitative estimate of drug-likeness (QED) is 0.741. The minimum absolute atomic E-state index is 0.151. The molecule has 0 bridgehead atoms. The molecular formula is C12H14O3. The molecule has 1 aliphatic rings. The van der Waals surface area contributed by atoms with Crippen LogP contribution in [0.4, 0.5) is 0 Å². The number of ether oxygens (including phenoxy) is 2. The number of carbonyl (C=O) groups is 1.